The van der Waals surface area contributed by atoms with E-state index in [1.165, 1.54) is 12.8 Å². The zero-order valence-corrected chi connectivity index (χ0v) is 16.2. The maximum Gasteiger partial charge on any atom is 0.157 e. The summed E-state index contributed by atoms with van der Waals surface area (Å²) in [6.07, 6.45) is 6.58. The number of anilines is 1. The maximum atomic E-state index is 9.49. The number of aryl methyl sites for hydroxylation is 1. The van der Waals surface area contributed by atoms with Gasteiger partial charge in [-0.25, -0.2) is 9.50 Å². The lowest BCUT2D eigenvalue weighted by molar-refractivity contribution is 0.0521. The van der Waals surface area contributed by atoms with Gasteiger partial charge in [0.2, 0.25) is 0 Å². The summed E-state index contributed by atoms with van der Waals surface area (Å²) < 4.78 is 7.78. The first-order chi connectivity index (χ1) is 13.2. The third-order valence-electron chi connectivity index (χ3n) is 5.56. The van der Waals surface area contributed by atoms with E-state index in [1.807, 2.05) is 10.7 Å². The Morgan fingerprint density at radius 3 is 3.00 bits per heavy atom. The Morgan fingerprint density at radius 1 is 1.37 bits per heavy atom. The number of nitrogens with zero attached hydrogens (tertiary/aromatic N) is 5. The van der Waals surface area contributed by atoms with Gasteiger partial charge >= 0.3 is 0 Å². The van der Waals surface area contributed by atoms with Crippen LogP contribution in [0.3, 0.4) is 0 Å². The van der Waals surface area contributed by atoms with E-state index in [0.717, 1.165) is 42.1 Å². The lowest BCUT2D eigenvalue weighted by atomic mass is 10.0. The molecule has 7 heteroatoms. The average molecular weight is 368 g/mol. The van der Waals surface area contributed by atoms with Crippen molar-refractivity contribution in [2.24, 2.45) is 5.92 Å². The number of fused-ring (bicyclic) bond motifs is 1. The second-order valence-electron chi connectivity index (χ2n) is 7.67. The van der Waals surface area contributed by atoms with Gasteiger partial charge < -0.3 is 15.0 Å². The molecule has 2 aliphatic heterocycles. The topological polar surface area (TPSA) is 78.5 Å². The van der Waals surface area contributed by atoms with E-state index in [1.54, 1.807) is 0 Å². The van der Waals surface area contributed by atoms with Crippen molar-refractivity contribution in [3.8, 4) is 6.07 Å². The molecule has 0 amide bonds. The molecule has 0 aliphatic carbocycles. The van der Waals surface area contributed by atoms with Crippen molar-refractivity contribution in [2.45, 2.75) is 51.7 Å². The van der Waals surface area contributed by atoms with Crippen molar-refractivity contribution in [1.29, 1.82) is 5.26 Å². The molecule has 7 nitrogen and oxygen atoms in total. The molecule has 0 unspecified atom stereocenters. The van der Waals surface area contributed by atoms with Crippen molar-refractivity contribution in [3.63, 3.8) is 0 Å². The van der Waals surface area contributed by atoms with E-state index in [4.69, 9.17) is 14.8 Å². The maximum absolute atomic E-state index is 9.49. The Balaban J connectivity index is 1.58. The SMILES string of the molecule is CCCO[C@H]1CN(c2nc3cc([C@@H]4CCCCN4)nn3cc2C)C[C@H]1C#N. The van der Waals surface area contributed by atoms with Gasteiger partial charge in [0.25, 0.3) is 0 Å². The molecule has 4 heterocycles. The fourth-order valence-electron chi connectivity index (χ4n) is 4.12. The Morgan fingerprint density at radius 2 is 2.26 bits per heavy atom. The molecule has 4 rings (SSSR count). The van der Waals surface area contributed by atoms with Crippen LogP contribution in [0.15, 0.2) is 12.3 Å². The van der Waals surface area contributed by atoms with Crippen molar-refractivity contribution < 1.29 is 4.74 Å². The molecule has 2 aromatic heterocycles. The Bertz CT molecular complexity index is 835. The molecule has 27 heavy (non-hydrogen) atoms. The van der Waals surface area contributed by atoms with E-state index in [2.05, 4.69) is 36.2 Å². The summed E-state index contributed by atoms with van der Waals surface area (Å²) in [4.78, 5) is 7.08. The number of aromatic nitrogens is 3. The Labute approximate surface area is 160 Å². The van der Waals surface area contributed by atoms with Gasteiger partial charge in [-0.1, -0.05) is 13.3 Å². The van der Waals surface area contributed by atoms with E-state index >= 15 is 0 Å². The van der Waals surface area contributed by atoms with E-state index < -0.39 is 0 Å². The molecule has 2 aromatic rings. The molecular weight excluding hydrogens is 340 g/mol. The first kappa shape index (κ1) is 18.2. The first-order valence-electron chi connectivity index (χ1n) is 10.1. The van der Waals surface area contributed by atoms with Crippen molar-refractivity contribution >= 4 is 11.5 Å². The molecule has 3 atom stereocenters. The van der Waals surface area contributed by atoms with E-state index in [-0.39, 0.29) is 12.0 Å². The average Bonchev–Trinajstić information content (AvgIpc) is 3.29. The van der Waals surface area contributed by atoms with Crippen molar-refractivity contribution in [1.82, 2.24) is 19.9 Å². The Kier molecular flexibility index (Phi) is 5.28. The summed E-state index contributed by atoms with van der Waals surface area (Å²) in [6, 6.07) is 4.82. The number of nitrogens with one attached hydrogen (secondary N) is 1. The quantitative estimate of drug-likeness (QED) is 0.874. The second kappa shape index (κ2) is 7.83. The van der Waals surface area contributed by atoms with Gasteiger partial charge in [0.05, 0.1) is 29.8 Å². The summed E-state index contributed by atoms with van der Waals surface area (Å²) in [5.41, 5.74) is 3.00. The highest BCUT2D eigenvalue weighted by Gasteiger charge is 2.35. The molecule has 2 fully saturated rings. The monoisotopic (exact) mass is 368 g/mol. The van der Waals surface area contributed by atoms with Gasteiger partial charge in [-0.2, -0.15) is 10.4 Å². The minimum absolute atomic E-state index is 0.0423. The predicted octanol–water partition coefficient (Wildman–Crippen LogP) is 2.61. The van der Waals surface area contributed by atoms with Crippen LogP contribution in [0.4, 0.5) is 5.82 Å². The van der Waals surface area contributed by atoms with Crippen LogP contribution >= 0.6 is 0 Å². The second-order valence-corrected chi connectivity index (χ2v) is 7.67. The van der Waals surface area contributed by atoms with Crippen LogP contribution in [0.5, 0.6) is 0 Å². The van der Waals surface area contributed by atoms with Gasteiger partial charge in [0.1, 0.15) is 5.82 Å². The minimum atomic E-state index is -0.110. The molecule has 1 N–H and O–H groups in total. The zero-order chi connectivity index (χ0) is 18.8. The van der Waals surface area contributed by atoms with E-state index in [0.29, 0.717) is 25.7 Å². The molecule has 2 aliphatic rings. The van der Waals surface area contributed by atoms with Crippen LogP contribution in [0.1, 0.15) is 49.9 Å². The van der Waals surface area contributed by atoms with Gasteiger partial charge in [0, 0.05) is 37.5 Å². The predicted molar refractivity (Wildman–Crippen MR) is 104 cm³/mol. The summed E-state index contributed by atoms with van der Waals surface area (Å²) >= 11 is 0. The van der Waals surface area contributed by atoms with Crippen LogP contribution in [0, 0.1) is 24.2 Å². The molecule has 2 saturated heterocycles. The normalized spacial score (nSPS) is 25.8. The summed E-state index contributed by atoms with van der Waals surface area (Å²) in [6.45, 7) is 7.28. The van der Waals surface area contributed by atoms with Gasteiger partial charge in [-0.05, 0) is 32.7 Å². The molecule has 0 aromatic carbocycles. The number of hydrogen-bond donors (Lipinski definition) is 1. The minimum Gasteiger partial charge on any atom is -0.375 e. The molecular formula is C20H28N6O. The lowest BCUT2D eigenvalue weighted by Gasteiger charge is -2.21. The molecule has 0 radical (unpaired) electrons. The summed E-state index contributed by atoms with van der Waals surface area (Å²) in [7, 11) is 0. The largest absolute Gasteiger partial charge is 0.375 e. The number of hydrogen-bond acceptors (Lipinski definition) is 6. The van der Waals surface area contributed by atoms with Crippen LogP contribution in [-0.4, -0.2) is 46.9 Å². The summed E-state index contributed by atoms with van der Waals surface area (Å²) in [5.74, 6) is 0.828. The molecule has 144 valence electrons. The highest BCUT2D eigenvalue weighted by atomic mass is 16.5. The number of nitriles is 1. The highest BCUT2D eigenvalue weighted by molar-refractivity contribution is 5.54. The number of ether oxygens (including phenoxy) is 1. The summed E-state index contributed by atoms with van der Waals surface area (Å²) in [5, 5.41) is 17.8. The smallest absolute Gasteiger partial charge is 0.157 e. The third kappa shape index (κ3) is 3.64. The first-order valence-corrected chi connectivity index (χ1v) is 10.1. The van der Waals surface area contributed by atoms with Crippen LogP contribution in [0.2, 0.25) is 0 Å². The number of rotatable bonds is 5. The molecule has 0 spiro atoms. The molecule has 0 saturated carbocycles. The van der Waals surface area contributed by atoms with Gasteiger partial charge in [-0.3, -0.25) is 0 Å². The van der Waals surface area contributed by atoms with Gasteiger partial charge in [0.15, 0.2) is 5.65 Å². The van der Waals surface area contributed by atoms with Gasteiger partial charge in [-0.15, -0.1) is 0 Å². The molecule has 0 bridgehead atoms. The van der Waals surface area contributed by atoms with Crippen molar-refractivity contribution in [3.05, 3.63) is 23.5 Å². The van der Waals surface area contributed by atoms with Crippen LogP contribution in [0.25, 0.3) is 5.65 Å². The number of piperidine rings is 1. The van der Waals surface area contributed by atoms with E-state index in [9.17, 15) is 5.26 Å². The fourth-order valence-corrected chi connectivity index (χ4v) is 4.12. The Hall–Kier alpha value is -2.17. The fraction of sp³-hybridized carbons (Fsp3) is 0.650. The van der Waals surface area contributed by atoms with Crippen molar-refractivity contribution in [2.75, 3.05) is 31.1 Å². The van der Waals surface area contributed by atoms with Crippen LogP contribution in [-0.2, 0) is 4.74 Å². The highest BCUT2D eigenvalue weighted by Crippen LogP contribution is 2.29. The third-order valence-corrected chi connectivity index (χ3v) is 5.56. The zero-order valence-electron chi connectivity index (χ0n) is 16.2. The standard InChI is InChI=1S/C20H28N6O/c1-3-8-27-18-13-25(12-15(18)10-21)20-14(2)11-26-19(23-20)9-17(24-26)16-6-4-5-7-22-16/h9,11,15-16,18,22H,3-8,12-13H2,1-2H3/t15-,16+,18+/m1/s1. The lowest BCUT2D eigenvalue weighted by Crippen LogP contribution is -2.27. The van der Waals surface area contributed by atoms with Crippen LogP contribution < -0.4 is 10.2 Å².